The molecule has 106 valence electrons. The minimum atomic E-state index is -0.315. The second-order valence-corrected chi connectivity index (χ2v) is 5.71. The van der Waals surface area contributed by atoms with E-state index in [0.29, 0.717) is 15.9 Å². The lowest BCUT2D eigenvalue weighted by molar-refractivity contribution is 0.0997. The number of carbonyl (C=O) groups excluding carboxylic acids is 1. The molecule has 3 rings (SSSR count). The second kappa shape index (κ2) is 5.71. The van der Waals surface area contributed by atoms with E-state index in [1.165, 1.54) is 11.3 Å². The predicted octanol–water partition coefficient (Wildman–Crippen LogP) is 4.62. The molecule has 1 amide bonds. The van der Waals surface area contributed by atoms with Gasteiger partial charge in [0, 0.05) is 16.0 Å². The third-order valence-corrected chi connectivity index (χ3v) is 3.93. The zero-order chi connectivity index (χ0) is 14.8. The number of thiazole rings is 1. The molecular formula is C15H11ClN2O2S. The highest BCUT2D eigenvalue weighted by molar-refractivity contribution is 7.13. The first-order valence-electron chi connectivity index (χ1n) is 6.21. The van der Waals surface area contributed by atoms with Crippen molar-refractivity contribution in [1.29, 1.82) is 0 Å². The topological polar surface area (TPSA) is 55.1 Å². The summed E-state index contributed by atoms with van der Waals surface area (Å²) < 4.78 is 5.57. The molecule has 6 heteroatoms. The van der Waals surface area contributed by atoms with Gasteiger partial charge in [-0.2, -0.15) is 0 Å². The van der Waals surface area contributed by atoms with Gasteiger partial charge in [-0.15, -0.1) is 11.3 Å². The number of amides is 1. The van der Waals surface area contributed by atoms with Crippen molar-refractivity contribution in [3.8, 4) is 11.3 Å². The molecule has 0 aliphatic heterocycles. The lowest BCUT2D eigenvalue weighted by Crippen LogP contribution is -2.10. The molecule has 0 atom stereocenters. The van der Waals surface area contributed by atoms with Gasteiger partial charge < -0.3 is 4.42 Å². The number of aryl methyl sites for hydroxylation is 1. The smallest absolute Gasteiger partial charge is 0.293 e. The zero-order valence-corrected chi connectivity index (χ0v) is 12.7. The molecule has 0 saturated carbocycles. The van der Waals surface area contributed by atoms with Crippen molar-refractivity contribution in [1.82, 2.24) is 4.98 Å². The van der Waals surface area contributed by atoms with Gasteiger partial charge in [0.2, 0.25) is 0 Å². The normalized spacial score (nSPS) is 10.6. The van der Waals surface area contributed by atoms with Gasteiger partial charge in [-0.3, -0.25) is 10.1 Å². The van der Waals surface area contributed by atoms with Crippen molar-refractivity contribution < 1.29 is 9.21 Å². The van der Waals surface area contributed by atoms with Gasteiger partial charge in [0.15, 0.2) is 10.9 Å². The lowest BCUT2D eigenvalue weighted by atomic mass is 10.2. The molecule has 1 N–H and O–H groups in total. The summed E-state index contributed by atoms with van der Waals surface area (Å²) in [5.74, 6) is 0.546. The number of furan rings is 1. The molecule has 0 unspecified atom stereocenters. The minimum Gasteiger partial charge on any atom is -0.451 e. The minimum absolute atomic E-state index is 0.243. The molecule has 21 heavy (non-hydrogen) atoms. The van der Waals surface area contributed by atoms with Crippen LogP contribution in [0.3, 0.4) is 0 Å². The van der Waals surface area contributed by atoms with Crippen LogP contribution in [0.15, 0.2) is 46.2 Å². The summed E-state index contributed by atoms with van der Waals surface area (Å²) in [4.78, 5) is 16.2. The summed E-state index contributed by atoms with van der Waals surface area (Å²) in [6.07, 6.45) is 0. The Labute approximate surface area is 130 Å². The average Bonchev–Trinajstić information content (AvgIpc) is 3.09. The van der Waals surface area contributed by atoms with Crippen LogP contribution in [0.4, 0.5) is 5.13 Å². The lowest BCUT2D eigenvalue weighted by Gasteiger charge is -1.99. The van der Waals surface area contributed by atoms with Crippen molar-refractivity contribution in [3.63, 3.8) is 0 Å². The molecule has 0 fully saturated rings. The van der Waals surface area contributed by atoms with Gasteiger partial charge in [0.25, 0.3) is 5.91 Å². The van der Waals surface area contributed by atoms with Crippen molar-refractivity contribution in [2.45, 2.75) is 6.92 Å². The summed E-state index contributed by atoms with van der Waals surface area (Å²) in [5, 5.41) is 5.79. The van der Waals surface area contributed by atoms with Crippen LogP contribution in [0, 0.1) is 6.92 Å². The highest BCUT2D eigenvalue weighted by Gasteiger charge is 2.13. The van der Waals surface area contributed by atoms with Crippen molar-refractivity contribution in [2.24, 2.45) is 0 Å². The van der Waals surface area contributed by atoms with E-state index in [0.717, 1.165) is 11.3 Å². The Morgan fingerprint density at radius 1 is 1.24 bits per heavy atom. The van der Waals surface area contributed by atoms with Crippen LogP contribution in [0.2, 0.25) is 5.02 Å². The molecule has 2 heterocycles. The van der Waals surface area contributed by atoms with Crippen LogP contribution in [0.25, 0.3) is 11.3 Å². The number of nitrogens with one attached hydrogen (secondary N) is 1. The molecule has 0 spiro atoms. The van der Waals surface area contributed by atoms with Gasteiger partial charge >= 0.3 is 0 Å². The molecule has 0 aliphatic carbocycles. The molecule has 0 aliphatic rings. The Hall–Kier alpha value is -2.11. The van der Waals surface area contributed by atoms with E-state index in [2.05, 4.69) is 10.3 Å². The summed E-state index contributed by atoms with van der Waals surface area (Å²) >= 11 is 7.22. The maximum absolute atomic E-state index is 12.1. The predicted molar refractivity (Wildman–Crippen MR) is 84.0 cm³/mol. The number of hydrogen-bond donors (Lipinski definition) is 1. The fourth-order valence-corrected chi connectivity index (χ4v) is 2.61. The molecule has 0 bridgehead atoms. The van der Waals surface area contributed by atoms with E-state index >= 15 is 0 Å². The number of rotatable bonds is 3. The molecule has 2 aromatic heterocycles. The number of hydrogen-bond acceptors (Lipinski definition) is 4. The summed E-state index contributed by atoms with van der Waals surface area (Å²) in [7, 11) is 0. The fraction of sp³-hybridized carbons (Fsp3) is 0.0667. The second-order valence-electron chi connectivity index (χ2n) is 4.42. The molecule has 0 saturated heterocycles. The zero-order valence-electron chi connectivity index (χ0n) is 11.1. The van der Waals surface area contributed by atoms with Gasteiger partial charge in [0.1, 0.15) is 5.76 Å². The van der Waals surface area contributed by atoms with E-state index < -0.39 is 0 Å². The number of aromatic nitrogens is 1. The van der Waals surface area contributed by atoms with Crippen LogP contribution in [-0.2, 0) is 0 Å². The highest BCUT2D eigenvalue weighted by atomic mass is 35.5. The summed E-state index contributed by atoms with van der Waals surface area (Å²) in [5.41, 5.74) is 1.74. The molecule has 4 nitrogen and oxygen atoms in total. The standard InChI is InChI=1S/C15H11ClN2O2S/c1-9-8-21-15(17-9)18-14(19)13-7-6-12(20-13)10-2-4-11(16)5-3-10/h2-8H,1H3,(H,17,18,19). The third-order valence-electron chi connectivity index (χ3n) is 2.80. The van der Waals surface area contributed by atoms with Crippen molar-refractivity contribution in [2.75, 3.05) is 5.32 Å². The van der Waals surface area contributed by atoms with Crippen LogP contribution in [0.5, 0.6) is 0 Å². The quantitative estimate of drug-likeness (QED) is 0.766. The largest absolute Gasteiger partial charge is 0.451 e. The van der Waals surface area contributed by atoms with E-state index in [-0.39, 0.29) is 11.7 Å². The van der Waals surface area contributed by atoms with Gasteiger partial charge in [-0.25, -0.2) is 4.98 Å². The van der Waals surface area contributed by atoms with E-state index in [4.69, 9.17) is 16.0 Å². The Bertz CT molecular complexity index is 777. The summed E-state index contributed by atoms with van der Waals surface area (Å²) in [6.45, 7) is 1.87. The number of benzene rings is 1. The Kier molecular flexibility index (Phi) is 3.77. The van der Waals surface area contributed by atoms with Crippen molar-refractivity contribution in [3.05, 3.63) is 58.3 Å². The maximum Gasteiger partial charge on any atom is 0.293 e. The van der Waals surface area contributed by atoms with E-state index in [1.54, 1.807) is 24.3 Å². The highest BCUT2D eigenvalue weighted by Crippen LogP contribution is 2.24. The molecule has 1 aromatic carbocycles. The van der Waals surface area contributed by atoms with Crippen LogP contribution < -0.4 is 5.32 Å². The monoisotopic (exact) mass is 318 g/mol. The van der Waals surface area contributed by atoms with Crippen LogP contribution in [0.1, 0.15) is 16.2 Å². The van der Waals surface area contributed by atoms with E-state index in [9.17, 15) is 4.79 Å². The Morgan fingerprint density at radius 2 is 2.00 bits per heavy atom. The van der Waals surface area contributed by atoms with Crippen LogP contribution in [-0.4, -0.2) is 10.9 Å². The Balaban J connectivity index is 1.78. The molecule has 3 aromatic rings. The van der Waals surface area contributed by atoms with Crippen molar-refractivity contribution >= 4 is 34.0 Å². The average molecular weight is 319 g/mol. The number of carbonyl (C=O) groups is 1. The first-order valence-corrected chi connectivity index (χ1v) is 7.47. The fourth-order valence-electron chi connectivity index (χ4n) is 1.80. The van der Waals surface area contributed by atoms with Gasteiger partial charge in [0.05, 0.1) is 5.69 Å². The number of halogens is 1. The number of nitrogens with zero attached hydrogens (tertiary/aromatic N) is 1. The molecule has 0 radical (unpaired) electrons. The Morgan fingerprint density at radius 3 is 2.67 bits per heavy atom. The van der Waals surface area contributed by atoms with Gasteiger partial charge in [-0.1, -0.05) is 11.6 Å². The van der Waals surface area contributed by atoms with Gasteiger partial charge in [-0.05, 0) is 43.3 Å². The number of anilines is 1. The maximum atomic E-state index is 12.1. The molecular weight excluding hydrogens is 308 g/mol. The SMILES string of the molecule is Cc1csc(NC(=O)c2ccc(-c3ccc(Cl)cc3)o2)n1. The first-order chi connectivity index (χ1) is 10.1. The third kappa shape index (κ3) is 3.15. The van der Waals surface area contributed by atoms with E-state index in [1.807, 2.05) is 24.4 Å². The van der Waals surface area contributed by atoms with Crippen LogP contribution >= 0.6 is 22.9 Å². The summed E-state index contributed by atoms with van der Waals surface area (Å²) in [6, 6.07) is 10.6. The first kappa shape index (κ1) is 13.9.